The predicted molar refractivity (Wildman–Crippen MR) is 282 cm³/mol. The molecule has 1 unspecified atom stereocenters. The molecule has 0 spiro atoms. The number of esters is 7. The first-order valence-electron chi connectivity index (χ1n) is 24.2. The van der Waals surface area contributed by atoms with Crippen molar-refractivity contribution in [3.8, 4) is 17.6 Å². The zero-order valence-electron chi connectivity index (χ0n) is 42.0. The molecule has 404 valence electrons. The van der Waals surface area contributed by atoms with E-state index in [0.717, 1.165) is 96.0 Å². The third kappa shape index (κ3) is 16.1. The van der Waals surface area contributed by atoms with Crippen LogP contribution >= 0.6 is 47.0 Å². The van der Waals surface area contributed by atoms with Gasteiger partial charge in [0.2, 0.25) is 0 Å². The van der Waals surface area contributed by atoms with E-state index in [-0.39, 0.29) is 103 Å². The first-order valence-corrected chi connectivity index (χ1v) is 27.5. The second-order valence-electron chi connectivity index (χ2n) is 16.7. The van der Waals surface area contributed by atoms with Crippen LogP contribution < -0.4 is 9.47 Å². The van der Waals surface area contributed by atoms with Crippen LogP contribution in [0.3, 0.4) is 0 Å². The van der Waals surface area contributed by atoms with Gasteiger partial charge in [0.15, 0.2) is 17.1 Å². The number of thioether (sulfide) groups is 4. The van der Waals surface area contributed by atoms with Crippen LogP contribution in [0.15, 0.2) is 125 Å². The molecule has 0 aromatic heterocycles. The van der Waals surface area contributed by atoms with Crippen molar-refractivity contribution in [3.05, 3.63) is 117 Å². The van der Waals surface area contributed by atoms with Crippen molar-refractivity contribution in [2.75, 3.05) is 33.0 Å². The highest BCUT2D eigenvalue weighted by Crippen LogP contribution is 2.69. The van der Waals surface area contributed by atoms with E-state index in [1.54, 1.807) is 24.3 Å². The van der Waals surface area contributed by atoms with E-state index in [9.17, 15) is 48.4 Å². The highest BCUT2D eigenvalue weighted by Gasteiger charge is 2.47. The maximum Gasteiger partial charge on any atom is 0.350 e. The molecule has 77 heavy (non-hydrogen) atoms. The normalized spacial score (nSPS) is 13.7. The smallest absolute Gasteiger partial charge is 0.350 e. The number of hydrazine groups is 1. The third-order valence-corrected chi connectivity index (χ3v) is 16.5. The Morgan fingerprint density at radius 2 is 1.04 bits per heavy atom. The lowest BCUT2D eigenvalue weighted by atomic mass is 10.0. The van der Waals surface area contributed by atoms with E-state index in [4.69, 9.17) is 33.2 Å². The molecule has 0 saturated carbocycles. The fourth-order valence-electron chi connectivity index (χ4n) is 7.30. The second kappa shape index (κ2) is 29.3. The van der Waals surface area contributed by atoms with E-state index in [0.29, 0.717) is 0 Å². The summed E-state index contributed by atoms with van der Waals surface area (Å²) in [5, 5.41) is 13.1. The molecule has 3 aliphatic rings. The number of carbonyl (C=O) groups excluding carboxylic acids is 9. The number of hydrogen-bond acceptors (Lipinski definition) is 21. The van der Waals surface area contributed by atoms with Crippen LogP contribution in [-0.4, -0.2) is 96.7 Å². The molecule has 3 aliphatic heterocycles. The SMILES string of the molecule is C=CC(=O)OCCOC(=O)CCC(=O)Oc1c2c(c(OC(=O)CCC(=O)OCCOC(=O)C=C)c3c1SC(=C1C(=O)N(Cc4ccccc4)N(Cc4ccccc4)C1=O)S3)SC(=C(C#N)C(=O)OCC(CC)CCCC)S2. The van der Waals surface area contributed by atoms with Crippen molar-refractivity contribution in [2.24, 2.45) is 5.92 Å². The monoisotopic (exact) mass is 1130 g/mol. The summed E-state index contributed by atoms with van der Waals surface area (Å²) in [4.78, 5) is 119. The first-order chi connectivity index (χ1) is 37.2. The van der Waals surface area contributed by atoms with Crippen molar-refractivity contribution in [2.45, 2.75) is 97.9 Å². The van der Waals surface area contributed by atoms with E-state index >= 15 is 0 Å². The second-order valence-corrected chi connectivity index (χ2v) is 21.3. The average Bonchev–Trinajstić information content (AvgIpc) is 4.32. The molecule has 1 atom stereocenters. The predicted octanol–water partition coefficient (Wildman–Crippen LogP) is 8.69. The highest BCUT2D eigenvalue weighted by molar-refractivity contribution is 8.26. The van der Waals surface area contributed by atoms with Crippen LogP contribution in [-0.2, 0) is 79.9 Å². The molecule has 3 aromatic carbocycles. The Morgan fingerprint density at radius 3 is 1.45 bits per heavy atom. The van der Waals surface area contributed by atoms with Gasteiger partial charge in [-0.3, -0.25) is 28.8 Å². The number of hydrogen-bond donors (Lipinski definition) is 0. The van der Waals surface area contributed by atoms with E-state index in [1.807, 2.05) is 56.3 Å². The van der Waals surface area contributed by atoms with Gasteiger partial charge in [0.05, 0.1) is 73.4 Å². The molecule has 23 heteroatoms. The van der Waals surface area contributed by atoms with Gasteiger partial charge in [0, 0.05) is 12.2 Å². The Balaban J connectivity index is 1.41. The molecular weight excluding hydrogens is 1070 g/mol. The maximum atomic E-state index is 14.7. The molecule has 0 N–H and O–H groups in total. The van der Waals surface area contributed by atoms with Crippen molar-refractivity contribution < 1.29 is 76.3 Å². The van der Waals surface area contributed by atoms with Crippen LogP contribution in [0.4, 0.5) is 0 Å². The fraction of sp³-hybridized carbons (Fsp3) is 0.333. The van der Waals surface area contributed by atoms with E-state index < -0.39 is 79.3 Å². The van der Waals surface area contributed by atoms with Crippen molar-refractivity contribution in [1.29, 1.82) is 5.26 Å². The lowest BCUT2D eigenvalue weighted by Gasteiger charge is -2.27. The number of nitriles is 1. The van der Waals surface area contributed by atoms with Crippen molar-refractivity contribution >= 4 is 101 Å². The molecule has 2 amide bonds. The van der Waals surface area contributed by atoms with Gasteiger partial charge in [-0.2, -0.15) is 5.26 Å². The molecule has 0 bridgehead atoms. The van der Waals surface area contributed by atoms with Crippen LogP contribution in [0.5, 0.6) is 11.5 Å². The molecule has 6 rings (SSSR count). The van der Waals surface area contributed by atoms with Gasteiger partial charge >= 0.3 is 41.8 Å². The fourth-order valence-corrected chi connectivity index (χ4v) is 12.7. The number of carbonyl (C=O) groups is 9. The maximum absolute atomic E-state index is 14.7. The molecular formula is C54H53N3O16S4. The Morgan fingerprint density at radius 1 is 0.610 bits per heavy atom. The number of amides is 2. The number of fused-ring (bicyclic) bond motifs is 2. The Kier molecular flexibility index (Phi) is 22.5. The number of rotatable bonds is 27. The summed E-state index contributed by atoms with van der Waals surface area (Å²) in [5.74, 6) is -7.50. The van der Waals surface area contributed by atoms with Crippen LogP contribution in [0, 0.1) is 17.2 Å². The van der Waals surface area contributed by atoms with Crippen LogP contribution in [0.25, 0.3) is 0 Å². The topological polar surface area (TPSA) is 249 Å². The molecule has 19 nitrogen and oxygen atoms in total. The summed E-state index contributed by atoms with van der Waals surface area (Å²) in [7, 11) is 0. The lowest BCUT2D eigenvalue weighted by Crippen LogP contribution is -2.39. The summed E-state index contributed by atoms with van der Waals surface area (Å²) in [6.07, 6.45) is 3.25. The number of nitrogens with zero attached hydrogens (tertiary/aromatic N) is 3. The summed E-state index contributed by atoms with van der Waals surface area (Å²) in [6.45, 7) is 9.57. The van der Waals surface area contributed by atoms with Gasteiger partial charge in [-0.05, 0) is 23.5 Å². The number of unbranched alkanes of at least 4 members (excludes halogenated alkanes) is 1. The Labute approximate surface area is 461 Å². The summed E-state index contributed by atoms with van der Waals surface area (Å²) >= 11 is 3.45. The summed E-state index contributed by atoms with van der Waals surface area (Å²) in [6, 6.07) is 20.0. The Hall–Kier alpha value is -7.26. The number of ether oxygens (including phenoxy) is 7. The van der Waals surface area contributed by atoms with Gasteiger partial charge in [-0.25, -0.2) is 24.4 Å². The van der Waals surface area contributed by atoms with Crippen molar-refractivity contribution in [1.82, 2.24) is 10.0 Å². The zero-order chi connectivity index (χ0) is 55.4. The van der Waals surface area contributed by atoms with Gasteiger partial charge in [-0.1, -0.05) is 154 Å². The quantitative estimate of drug-likeness (QED) is 0.0132. The first kappa shape index (κ1) is 59.0. The molecule has 1 fully saturated rings. The minimum Gasteiger partial charge on any atom is -0.462 e. The van der Waals surface area contributed by atoms with Crippen LogP contribution in [0.2, 0.25) is 0 Å². The molecule has 0 aliphatic carbocycles. The minimum absolute atomic E-state index is 0.0199. The summed E-state index contributed by atoms with van der Waals surface area (Å²) in [5.41, 5.74) is 0.836. The molecule has 3 aromatic rings. The van der Waals surface area contributed by atoms with Gasteiger partial charge in [-0.15, -0.1) is 0 Å². The Bertz CT molecular complexity index is 2740. The van der Waals surface area contributed by atoms with Gasteiger partial charge in [0.1, 0.15) is 38.1 Å². The molecule has 1 saturated heterocycles. The van der Waals surface area contributed by atoms with E-state index in [2.05, 4.69) is 13.2 Å². The van der Waals surface area contributed by atoms with Crippen LogP contribution in [0.1, 0.15) is 76.3 Å². The standard InChI is InChI=1S/C54H53N3O16S4/c1-5-9-16-33(6-2)32-71-52(66)36(29-55)53-74-46-44(72-41(62)23-21-39(60)69-27-25-67-37(58)7-3)48-49(45(47(46)75-53)73-42(63)24-22-40(61)70-28-26-68-38(59)8-4)77-54(76-48)43-50(64)56(30-34-17-12-10-13-18-34)57(51(43)65)31-35-19-14-11-15-20-35/h7-8,10-15,17-20,33H,3-6,9,16,21-28,30-32H2,1-2H3. The summed E-state index contributed by atoms with van der Waals surface area (Å²) < 4.78 is 37.9. The third-order valence-electron chi connectivity index (χ3n) is 11.3. The van der Waals surface area contributed by atoms with E-state index in [1.165, 1.54) is 10.0 Å². The highest BCUT2D eigenvalue weighted by atomic mass is 32.2. The zero-order valence-corrected chi connectivity index (χ0v) is 45.3. The van der Waals surface area contributed by atoms with Crippen molar-refractivity contribution in [3.63, 3.8) is 0 Å². The minimum atomic E-state index is -0.949. The lowest BCUT2D eigenvalue weighted by molar-refractivity contribution is -0.151. The average molecular weight is 1130 g/mol. The molecule has 0 radical (unpaired) electrons. The van der Waals surface area contributed by atoms with Gasteiger partial charge < -0.3 is 33.2 Å². The molecule has 3 heterocycles. The number of benzene rings is 3. The largest absolute Gasteiger partial charge is 0.462 e. The van der Waals surface area contributed by atoms with Gasteiger partial charge in [0.25, 0.3) is 11.8 Å².